The molecule has 144 valence electrons. The van der Waals surface area contributed by atoms with Crippen LogP contribution in [0, 0.1) is 0 Å². The van der Waals surface area contributed by atoms with Crippen molar-refractivity contribution in [1.82, 2.24) is 24.7 Å². The van der Waals surface area contributed by atoms with Crippen molar-refractivity contribution in [1.29, 1.82) is 0 Å². The van der Waals surface area contributed by atoms with Gasteiger partial charge >= 0.3 is 0 Å². The van der Waals surface area contributed by atoms with E-state index in [0.717, 1.165) is 53.1 Å². The number of carbonyl (C=O) groups excluding carboxylic acids is 1. The summed E-state index contributed by atoms with van der Waals surface area (Å²) in [6.45, 7) is 1.51. The maximum atomic E-state index is 12.7. The van der Waals surface area contributed by atoms with E-state index in [1.54, 1.807) is 0 Å². The lowest BCUT2D eigenvalue weighted by molar-refractivity contribution is -0.131. The zero-order valence-corrected chi connectivity index (χ0v) is 17.2. The molecule has 1 saturated carbocycles. The summed E-state index contributed by atoms with van der Waals surface area (Å²) in [4.78, 5) is 14.7. The van der Waals surface area contributed by atoms with E-state index in [9.17, 15) is 4.79 Å². The van der Waals surface area contributed by atoms with Crippen LogP contribution < -0.4 is 0 Å². The largest absolute Gasteiger partial charge is 0.342 e. The predicted molar refractivity (Wildman–Crippen MR) is 109 cm³/mol. The fourth-order valence-corrected chi connectivity index (χ4v) is 4.40. The molecule has 0 unspecified atom stereocenters. The Kier molecular flexibility index (Phi) is 4.62. The van der Waals surface area contributed by atoms with E-state index >= 15 is 0 Å². The number of aromatic nitrogens is 4. The topological polar surface area (TPSA) is 63.4 Å². The summed E-state index contributed by atoms with van der Waals surface area (Å²) in [5.41, 5.74) is 3.00. The van der Waals surface area contributed by atoms with Gasteiger partial charge < -0.3 is 4.90 Å². The van der Waals surface area contributed by atoms with Gasteiger partial charge in [-0.25, -0.2) is 0 Å². The van der Waals surface area contributed by atoms with Crippen LogP contribution in [0.4, 0.5) is 0 Å². The molecule has 1 aromatic carbocycles. The molecule has 3 heterocycles. The summed E-state index contributed by atoms with van der Waals surface area (Å²) < 4.78 is 2.92. The summed E-state index contributed by atoms with van der Waals surface area (Å²) in [6, 6.07) is 12.0. The van der Waals surface area contributed by atoms with Gasteiger partial charge in [-0.1, -0.05) is 34.1 Å². The first kappa shape index (κ1) is 17.8. The minimum Gasteiger partial charge on any atom is -0.342 e. The Bertz CT molecular complexity index is 1020. The third kappa shape index (κ3) is 3.43. The van der Waals surface area contributed by atoms with Crippen LogP contribution in [0.1, 0.15) is 54.6 Å². The molecular weight excluding hydrogens is 418 g/mol. The van der Waals surface area contributed by atoms with Crippen LogP contribution in [0.25, 0.3) is 5.65 Å². The predicted octanol–water partition coefficient (Wildman–Crippen LogP) is 3.71. The molecule has 3 aromatic rings. The highest BCUT2D eigenvalue weighted by atomic mass is 79.9. The van der Waals surface area contributed by atoms with Gasteiger partial charge in [0.05, 0.1) is 12.1 Å². The van der Waals surface area contributed by atoms with E-state index in [0.29, 0.717) is 18.3 Å². The molecule has 2 aromatic heterocycles. The molecule has 7 heteroatoms. The molecular formula is C21H22BrN5O. The highest BCUT2D eigenvalue weighted by molar-refractivity contribution is 9.10. The molecule has 2 aliphatic rings. The van der Waals surface area contributed by atoms with Gasteiger partial charge in [-0.05, 0) is 49.4 Å². The van der Waals surface area contributed by atoms with Crippen LogP contribution in [0.5, 0.6) is 0 Å². The van der Waals surface area contributed by atoms with Crippen LogP contribution in [0.15, 0.2) is 40.9 Å². The van der Waals surface area contributed by atoms with Gasteiger partial charge in [-0.15, -0.1) is 10.2 Å². The van der Waals surface area contributed by atoms with Crippen molar-refractivity contribution >= 4 is 27.5 Å². The number of benzene rings is 1. The molecule has 0 spiro atoms. The van der Waals surface area contributed by atoms with Crippen LogP contribution in [-0.4, -0.2) is 43.7 Å². The molecule has 0 atom stereocenters. The first-order chi connectivity index (χ1) is 13.7. The number of nitrogens with zero attached hydrogens (tertiary/aromatic N) is 5. The van der Waals surface area contributed by atoms with Crippen molar-refractivity contribution in [2.75, 3.05) is 13.1 Å². The molecule has 0 radical (unpaired) electrons. The quantitative estimate of drug-likeness (QED) is 0.621. The second-order valence-electron chi connectivity index (χ2n) is 7.78. The fourth-order valence-electron chi connectivity index (χ4n) is 3.97. The Hall–Kier alpha value is -2.28. The maximum absolute atomic E-state index is 12.7. The Balaban J connectivity index is 1.27. The van der Waals surface area contributed by atoms with Crippen molar-refractivity contribution in [3.63, 3.8) is 0 Å². The van der Waals surface area contributed by atoms with Crippen molar-refractivity contribution in [2.24, 2.45) is 0 Å². The Morgan fingerprint density at radius 2 is 1.79 bits per heavy atom. The van der Waals surface area contributed by atoms with Gasteiger partial charge in [-0.2, -0.15) is 9.61 Å². The Morgan fingerprint density at radius 3 is 2.54 bits per heavy atom. The van der Waals surface area contributed by atoms with E-state index in [1.165, 1.54) is 12.8 Å². The molecule has 1 saturated heterocycles. The smallest absolute Gasteiger partial charge is 0.227 e. The lowest BCUT2D eigenvalue weighted by Gasteiger charge is -2.31. The van der Waals surface area contributed by atoms with Gasteiger partial charge in [0.15, 0.2) is 11.5 Å². The number of hydrogen-bond donors (Lipinski definition) is 0. The summed E-state index contributed by atoms with van der Waals surface area (Å²) in [6.07, 6.45) is 4.70. The van der Waals surface area contributed by atoms with Gasteiger partial charge in [0.2, 0.25) is 5.91 Å². The minimum absolute atomic E-state index is 0.186. The van der Waals surface area contributed by atoms with E-state index in [-0.39, 0.29) is 5.91 Å². The lowest BCUT2D eigenvalue weighted by Crippen LogP contribution is -2.39. The highest BCUT2D eigenvalue weighted by Gasteiger charge is 2.29. The van der Waals surface area contributed by atoms with Crippen molar-refractivity contribution < 1.29 is 4.79 Å². The number of likely N-dealkylation sites (tertiary alicyclic amines) is 1. The van der Waals surface area contributed by atoms with Crippen LogP contribution >= 0.6 is 15.9 Å². The standard InChI is InChI=1S/C21H22BrN5O/c22-17-4-2-1-3-16(17)13-20(28)26-11-9-15(10-12-26)21-24-23-19-8-7-18(14-5-6-14)25-27(19)21/h1-4,7-8,14-15H,5-6,9-13H2. The van der Waals surface area contributed by atoms with Crippen LogP contribution in [0.3, 0.4) is 0 Å². The molecule has 1 amide bonds. The monoisotopic (exact) mass is 439 g/mol. The first-order valence-corrected chi connectivity index (χ1v) is 10.7. The Morgan fingerprint density at radius 1 is 1.00 bits per heavy atom. The first-order valence-electron chi connectivity index (χ1n) is 9.92. The highest BCUT2D eigenvalue weighted by Crippen LogP contribution is 2.39. The molecule has 5 rings (SSSR count). The molecule has 0 N–H and O–H groups in total. The SMILES string of the molecule is O=C(Cc1ccccc1Br)N1CCC(c2nnc3ccc(C4CC4)nn23)CC1. The molecule has 2 fully saturated rings. The zero-order valence-electron chi connectivity index (χ0n) is 15.6. The van der Waals surface area contributed by atoms with Gasteiger partial charge in [-0.3, -0.25) is 4.79 Å². The van der Waals surface area contributed by atoms with Gasteiger partial charge in [0, 0.05) is 29.4 Å². The fraction of sp³-hybridized carbons (Fsp3) is 0.429. The van der Waals surface area contributed by atoms with E-state index in [2.05, 4.69) is 32.2 Å². The van der Waals surface area contributed by atoms with Crippen molar-refractivity contribution in [3.05, 3.63) is 58.0 Å². The van der Waals surface area contributed by atoms with Crippen LogP contribution in [-0.2, 0) is 11.2 Å². The van der Waals surface area contributed by atoms with E-state index in [1.807, 2.05) is 39.7 Å². The molecule has 6 nitrogen and oxygen atoms in total. The summed E-state index contributed by atoms with van der Waals surface area (Å²) in [7, 11) is 0. The number of fused-ring (bicyclic) bond motifs is 1. The molecule has 1 aliphatic carbocycles. The minimum atomic E-state index is 0.186. The summed E-state index contributed by atoms with van der Waals surface area (Å²) in [5, 5.41) is 13.5. The number of carbonyl (C=O) groups is 1. The van der Waals surface area contributed by atoms with Crippen molar-refractivity contribution in [3.8, 4) is 0 Å². The Labute approximate surface area is 172 Å². The average molecular weight is 440 g/mol. The summed E-state index contributed by atoms with van der Waals surface area (Å²) >= 11 is 3.53. The number of amides is 1. The number of halogens is 1. The van der Waals surface area contributed by atoms with E-state index in [4.69, 9.17) is 5.10 Å². The van der Waals surface area contributed by atoms with Gasteiger partial charge in [0.1, 0.15) is 0 Å². The maximum Gasteiger partial charge on any atom is 0.227 e. The number of piperidine rings is 1. The number of rotatable bonds is 4. The normalized spacial score (nSPS) is 18.0. The van der Waals surface area contributed by atoms with Crippen molar-refractivity contribution in [2.45, 2.75) is 43.9 Å². The third-order valence-corrected chi connectivity index (χ3v) is 6.59. The second-order valence-corrected chi connectivity index (χ2v) is 8.64. The zero-order chi connectivity index (χ0) is 19.1. The average Bonchev–Trinajstić information content (AvgIpc) is 3.49. The summed E-state index contributed by atoms with van der Waals surface area (Å²) in [5.74, 6) is 2.03. The molecule has 28 heavy (non-hydrogen) atoms. The van der Waals surface area contributed by atoms with Gasteiger partial charge in [0.25, 0.3) is 0 Å². The second kappa shape index (κ2) is 7.28. The number of hydrogen-bond acceptors (Lipinski definition) is 4. The molecule has 1 aliphatic heterocycles. The molecule has 0 bridgehead atoms. The van der Waals surface area contributed by atoms with E-state index < -0.39 is 0 Å². The third-order valence-electron chi connectivity index (χ3n) is 5.82. The van der Waals surface area contributed by atoms with Crippen LogP contribution in [0.2, 0.25) is 0 Å². The lowest BCUT2D eigenvalue weighted by atomic mass is 9.95.